The van der Waals surface area contributed by atoms with Gasteiger partial charge >= 0.3 is 0 Å². The van der Waals surface area contributed by atoms with Crippen molar-refractivity contribution in [1.29, 1.82) is 0 Å². The molecule has 104 valence electrons. The smallest absolute Gasteiger partial charge is 0.238 e. The first kappa shape index (κ1) is 13.9. The fraction of sp³-hybridized carbons (Fsp3) is 0.533. The third kappa shape index (κ3) is 3.26. The van der Waals surface area contributed by atoms with Crippen LogP contribution >= 0.6 is 0 Å². The lowest BCUT2D eigenvalue weighted by molar-refractivity contribution is -0.128. The molecule has 1 unspecified atom stereocenters. The number of nitrogens with one attached hydrogen (secondary N) is 1. The van der Waals surface area contributed by atoms with Gasteiger partial charge in [-0.25, -0.2) is 0 Å². The zero-order valence-corrected chi connectivity index (χ0v) is 11.7. The third-order valence-electron chi connectivity index (χ3n) is 3.49. The minimum Gasteiger partial charge on any atom is -0.497 e. The topological polar surface area (TPSA) is 41.6 Å². The first-order valence-electron chi connectivity index (χ1n) is 6.93. The fourth-order valence-corrected chi connectivity index (χ4v) is 2.44. The van der Waals surface area contributed by atoms with Crippen LogP contribution in [0.3, 0.4) is 0 Å². The second-order valence-electron chi connectivity index (χ2n) is 4.85. The van der Waals surface area contributed by atoms with E-state index in [2.05, 4.69) is 12.2 Å². The van der Waals surface area contributed by atoms with Gasteiger partial charge in [0.05, 0.1) is 13.7 Å². The molecular formula is C15H22N2O2. The van der Waals surface area contributed by atoms with E-state index in [1.807, 2.05) is 29.2 Å². The lowest BCUT2D eigenvalue weighted by Gasteiger charge is -2.25. The van der Waals surface area contributed by atoms with Gasteiger partial charge in [0.2, 0.25) is 5.91 Å². The molecule has 0 spiro atoms. The molecule has 4 nitrogen and oxygen atoms in total. The average molecular weight is 262 g/mol. The van der Waals surface area contributed by atoms with Gasteiger partial charge in [0, 0.05) is 6.54 Å². The maximum atomic E-state index is 11.9. The molecule has 19 heavy (non-hydrogen) atoms. The molecule has 1 fully saturated rings. The number of methoxy groups -OCH3 is 1. The Labute approximate surface area is 114 Å². The molecule has 1 aromatic rings. The molecule has 1 atom stereocenters. The van der Waals surface area contributed by atoms with Crippen molar-refractivity contribution in [3.8, 4) is 5.75 Å². The molecular weight excluding hydrogens is 240 g/mol. The molecule has 1 aromatic carbocycles. The quantitative estimate of drug-likeness (QED) is 0.800. The number of hydrogen-bond acceptors (Lipinski definition) is 3. The van der Waals surface area contributed by atoms with Crippen LogP contribution in [-0.4, -0.2) is 31.0 Å². The highest BCUT2D eigenvalue weighted by Gasteiger charge is 2.30. The van der Waals surface area contributed by atoms with E-state index in [1.54, 1.807) is 7.11 Å². The van der Waals surface area contributed by atoms with Gasteiger partial charge < -0.3 is 9.64 Å². The van der Waals surface area contributed by atoms with E-state index in [4.69, 9.17) is 4.74 Å². The average Bonchev–Trinajstić information content (AvgIpc) is 2.81. The zero-order chi connectivity index (χ0) is 13.7. The number of carbonyl (C=O) groups excluding carboxylic acids is 1. The Morgan fingerprint density at radius 2 is 2.26 bits per heavy atom. The van der Waals surface area contributed by atoms with Crippen molar-refractivity contribution in [2.75, 3.05) is 20.2 Å². The van der Waals surface area contributed by atoms with E-state index in [9.17, 15) is 4.79 Å². The van der Waals surface area contributed by atoms with Crippen LogP contribution in [0, 0.1) is 0 Å². The van der Waals surface area contributed by atoms with Crippen LogP contribution in [0.25, 0.3) is 0 Å². The van der Waals surface area contributed by atoms with E-state index in [0.29, 0.717) is 6.54 Å². The Balaban J connectivity index is 2.10. The minimum absolute atomic E-state index is 0.0144. The van der Waals surface area contributed by atoms with Gasteiger partial charge in [0.1, 0.15) is 11.9 Å². The molecule has 0 bridgehead atoms. The molecule has 0 aliphatic carbocycles. The predicted octanol–water partition coefficient (Wildman–Crippen LogP) is 2.32. The van der Waals surface area contributed by atoms with E-state index >= 15 is 0 Å². The molecule has 1 saturated heterocycles. The Hall–Kier alpha value is -1.55. The summed E-state index contributed by atoms with van der Waals surface area (Å²) in [6, 6.07) is 7.90. The Bertz CT molecular complexity index is 434. The highest BCUT2D eigenvalue weighted by Crippen LogP contribution is 2.25. The summed E-state index contributed by atoms with van der Waals surface area (Å²) in [4.78, 5) is 13.9. The number of ether oxygens (including phenoxy) is 1. The van der Waals surface area contributed by atoms with Crippen molar-refractivity contribution in [3.05, 3.63) is 29.8 Å². The first-order valence-corrected chi connectivity index (χ1v) is 6.93. The van der Waals surface area contributed by atoms with Crippen molar-refractivity contribution in [3.63, 3.8) is 0 Å². The monoisotopic (exact) mass is 262 g/mol. The summed E-state index contributed by atoms with van der Waals surface area (Å²) in [6.07, 6.45) is 3.37. The van der Waals surface area contributed by atoms with Crippen molar-refractivity contribution >= 4 is 5.91 Å². The summed E-state index contributed by atoms with van der Waals surface area (Å²) in [7, 11) is 1.66. The molecule has 1 N–H and O–H groups in total. The van der Waals surface area contributed by atoms with Crippen LogP contribution in [0.1, 0.15) is 37.9 Å². The Morgan fingerprint density at radius 1 is 1.42 bits per heavy atom. The summed E-state index contributed by atoms with van der Waals surface area (Å²) in [6.45, 7) is 3.42. The number of carbonyl (C=O) groups is 1. The number of hydrogen-bond donors (Lipinski definition) is 1. The summed E-state index contributed by atoms with van der Waals surface area (Å²) in [5.41, 5.74) is 1.08. The largest absolute Gasteiger partial charge is 0.497 e. The summed E-state index contributed by atoms with van der Waals surface area (Å²) < 4.78 is 5.24. The van der Waals surface area contributed by atoms with Gasteiger partial charge in [0.25, 0.3) is 0 Å². The number of nitrogens with zero attached hydrogens (tertiary/aromatic N) is 1. The molecule has 1 aliphatic rings. The van der Waals surface area contributed by atoms with Crippen molar-refractivity contribution in [2.45, 2.75) is 32.4 Å². The molecule has 0 radical (unpaired) electrons. The summed E-state index contributed by atoms with van der Waals surface area (Å²) in [5, 5.41) is 3.27. The van der Waals surface area contributed by atoms with E-state index in [-0.39, 0.29) is 12.1 Å². The maximum Gasteiger partial charge on any atom is 0.238 e. The number of unbranched alkanes of at least 4 members (excludes halogenated alkanes) is 2. The molecule has 0 aromatic heterocycles. The SMILES string of the molecule is CCCCCN1C(=O)CNC1c1cccc(OC)c1. The van der Waals surface area contributed by atoms with E-state index in [0.717, 1.165) is 30.7 Å². The predicted molar refractivity (Wildman–Crippen MR) is 75.0 cm³/mol. The Morgan fingerprint density at radius 3 is 3.00 bits per heavy atom. The van der Waals surface area contributed by atoms with E-state index in [1.165, 1.54) is 6.42 Å². The van der Waals surface area contributed by atoms with Gasteiger partial charge in [-0.2, -0.15) is 0 Å². The highest BCUT2D eigenvalue weighted by atomic mass is 16.5. The molecule has 4 heteroatoms. The number of benzene rings is 1. The van der Waals surface area contributed by atoms with Crippen molar-refractivity contribution < 1.29 is 9.53 Å². The third-order valence-corrected chi connectivity index (χ3v) is 3.49. The summed E-state index contributed by atoms with van der Waals surface area (Å²) in [5.74, 6) is 1.01. The Kier molecular flexibility index (Phi) is 4.80. The first-order chi connectivity index (χ1) is 9.26. The van der Waals surface area contributed by atoms with Gasteiger partial charge in [0.15, 0.2) is 0 Å². The van der Waals surface area contributed by atoms with Crippen LogP contribution in [0.5, 0.6) is 5.75 Å². The fourth-order valence-electron chi connectivity index (χ4n) is 2.44. The van der Waals surface area contributed by atoms with E-state index < -0.39 is 0 Å². The van der Waals surface area contributed by atoms with Gasteiger partial charge in [-0.1, -0.05) is 31.9 Å². The van der Waals surface area contributed by atoms with Crippen molar-refractivity contribution in [1.82, 2.24) is 10.2 Å². The van der Waals surface area contributed by atoms with Crippen molar-refractivity contribution in [2.24, 2.45) is 0 Å². The second-order valence-corrected chi connectivity index (χ2v) is 4.85. The molecule has 1 heterocycles. The molecule has 1 amide bonds. The maximum absolute atomic E-state index is 11.9. The summed E-state index contributed by atoms with van der Waals surface area (Å²) >= 11 is 0. The normalized spacial score (nSPS) is 18.9. The van der Waals surface area contributed by atoms with Gasteiger partial charge in [-0.3, -0.25) is 10.1 Å². The molecule has 2 rings (SSSR count). The van der Waals surface area contributed by atoms with Crippen LogP contribution in [0.15, 0.2) is 24.3 Å². The standard InChI is InChI=1S/C15H22N2O2/c1-3-4-5-9-17-14(18)11-16-15(17)12-7-6-8-13(10-12)19-2/h6-8,10,15-16H,3-5,9,11H2,1-2H3. The van der Waals surface area contributed by atoms with Crippen LogP contribution in [-0.2, 0) is 4.79 Å². The van der Waals surface area contributed by atoms with Crippen LogP contribution in [0.2, 0.25) is 0 Å². The minimum atomic E-state index is -0.0144. The molecule has 1 aliphatic heterocycles. The number of rotatable bonds is 6. The molecule has 0 saturated carbocycles. The lowest BCUT2D eigenvalue weighted by atomic mass is 10.1. The van der Waals surface area contributed by atoms with Gasteiger partial charge in [-0.15, -0.1) is 0 Å². The number of amides is 1. The zero-order valence-electron chi connectivity index (χ0n) is 11.7. The second kappa shape index (κ2) is 6.57. The highest BCUT2D eigenvalue weighted by molar-refractivity contribution is 5.80. The lowest BCUT2D eigenvalue weighted by Crippen LogP contribution is -2.31. The van der Waals surface area contributed by atoms with Gasteiger partial charge in [-0.05, 0) is 24.1 Å². The van der Waals surface area contributed by atoms with Crippen LogP contribution < -0.4 is 10.1 Å². The van der Waals surface area contributed by atoms with Crippen LogP contribution in [0.4, 0.5) is 0 Å².